The number of aliphatic imine (C=N–C) groups is 1. The normalized spacial score (nSPS) is 11.0. The number of rotatable bonds is 7. The third kappa shape index (κ3) is 6.81. The number of guanidine groups is 1. The number of nitrogens with one attached hydrogen (secondary N) is 2. The molecule has 0 fully saturated rings. The van der Waals surface area contributed by atoms with Gasteiger partial charge in [-0.25, -0.2) is 4.98 Å². The van der Waals surface area contributed by atoms with Crippen LogP contribution in [-0.4, -0.2) is 48.4 Å². The maximum Gasteiger partial charge on any atom is 0.191 e. The number of pyridine rings is 1. The van der Waals surface area contributed by atoms with E-state index in [2.05, 4.69) is 38.7 Å². The minimum Gasteiger partial charge on any atom is -0.363 e. The van der Waals surface area contributed by atoms with Crippen LogP contribution in [0.4, 0.5) is 5.82 Å². The average Bonchev–Trinajstić information content (AvgIpc) is 2.92. The van der Waals surface area contributed by atoms with E-state index in [-0.39, 0.29) is 24.0 Å². The molecule has 2 heterocycles. The molecule has 0 radical (unpaired) electrons. The molecule has 0 saturated carbocycles. The van der Waals surface area contributed by atoms with Crippen molar-refractivity contribution < 1.29 is 0 Å². The summed E-state index contributed by atoms with van der Waals surface area (Å²) in [4.78, 5) is 10.9. The summed E-state index contributed by atoms with van der Waals surface area (Å²) in [5.41, 5.74) is 3.25. The maximum absolute atomic E-state index is 4.60. The number of anilines is 1. The van der Waals surface area contributed by atoms with E-state index in [1.165, 1.54) is 5.69 Å². The van der Waals surface area contributed by atoms with Crippen molar-refractivity contribution in [1.29, 1.82) is 0 Å². The Labute approximate surface area is 173 Å². The summed E-state index contributed by atoms with van der Waals surface area (Å²) >= 11 is 0. The van der Waals surface area contributed by atoms with Gasteiger partial charge in [-0.1, -0.05) is 6.07 Å². The van der Waals surface area contributed by atoms with Crippen LogP contribution in [0.15, 0.2) is 29.3 Å². The number of aromatic nitrogens is 3. The van der Waals surface area contributed by atoms with Gasteiger partial charge in [-0.2, -0.15) is 5.10 Å². The molecule has 2 aromatic rings. The van der Waals surface area contributed by atoms with Crippen LogP contribution in [0.25, 0.3) is 0 Å². The number of hydrogen-bond acceptors (Lipinski definition) is 4. The lowest BCUT2D eigenvalue weighted by Gasteiger charge is -2.14. The van der Waals surface area contributed by atoms with Gasteiger partial charge in [0.25, 0.3) is 0 Å². The van der Waals surface area contributed by atoms with Gasteiger partial charge >= 0.3 is 0 Å². The summed E-state index contributed by atoms with van der Waals surface area (Å²) in [6.45, 7) is 6.48. The van der Waals surface area contributed by atoms with Gasteiger partial charge in [0.2, 0.25) is 0 Å². The molecule has 144 valence electrons. The fraction of sp³-hybridized carbons (Fsp3) is 0.500. The molecule has 0 unspecified atom stereocenters. The van der Waals surface area contributed by atoms with Crippen molar-refractivity contribution in [2.24, 2.45) is 4.99 Å². The zero-order chi connectivity index (χ0) is 18.2. The molecule has 0 aliphatic carbocycles. The molecule has 2 aromatic heterocycles. The number of halogens is 1. The molecule has 0 saturated heterocycles. The fourth-order valence-corrected chi connectivity index (χ4v) is 2.55. The first-order chi connectivity index (χ1) is 12.0. The van der Waals surface area contributed by atoms with E-state index < -0.39 is 0 Å². The molecule has 0 aromatic carbocycles. The Morgan fingerprint density at radius 2 is 2.00 bits per heavy atom. The monoisotopic (exact) mass is 471 g/mol. The minimum absolute atomic E-state index is 0. The van der Waals surface area contributed by atoms with Crippen molar-refractivity contribution in [1.82, 2.24) is 25.4 Å². The van der Waals surface area contributed by atoms with Gasteiger partial charge in [-0.05, 0) is 38.5 Å². The van der Waals surface area contributed by atoms with Crippen molar-refractivity contribution in [3.8, 4) is 0 Å². The van der Waals surface area contributed by atoms with Crippen molar-refractivity contribution in [3.63, 3.8) is 0 Å². The van der Waals surface area contributed by atoms with E-state index in [1.54, 1.807) is 7.05 Å². The molecule has 26 heavy (non-hydrogen) atoms. The second kappa shape index (κ2) is 11.0. The molecule has 0 bridgehead atoms. The molecular weight excluding hydrogens is 441 g/mol. The number of aryl methyl sites for hydroxylation is 3. The van der Waals surface area contributed by atoms with Gasteiger partial charge in [-0.3, -0.25) is 9.67 Å². The van der Waals surface area contributed by atoms with E-state index in [1.807, 2.05) is 48.8 Å². The van der Waals surface area contributed by atoms with E-state index in [0.29, 0.717) is 6.54 Å². The van der Waals surface area contributed by atoms with Gasteiger partial charge in [-0.15, -0.1) is 24.0 Å². The molecule has 7 nitrogen and oxygen atoms in total. The van der Waals surface area contributed by atoms with E-state index in [9.17, 15) is 0 Å². The predicted octanol–water partition coefficient (Wildman–Crippen LogP) is 2.33. The van der Waals surface area contributed by atoms with E-state index in [4.69, 9.17) is 0 Å². The van der Waals surface area contributed by atoms with Crippen LogP contribution in [-0.2, 0) is 13.1 Å². The predicted molar refractivity (Wildman–Crippen MR) is 118 cm³/mol. The van der Waals surface area contributed by atoms with Gasteiger partial charge in [0.05, 0.1) is 17.9 Å². The van der Waals surface area contributed by atoms with Crippen molar-refractivity contribution in [3.05, 3.63) is 41.3 Å². The summed E-state index contributed by atoms with van der Waals surface area (Å²) in [5, 5.41) is 11.1. The van der Waals surface area contributed by atoms with Gasteiger partial charge in [0.1, 0.15) is 5.82 Å². The highest BCUT2D eigenvalue weighted by molar-refractivity contribution is 14.0. The van der Waals surface area contributed by atoms with Crippen molar-refractivity contribution in [2.45, 2.75) is 33.4 Å². The Morgan fingerprint density at radius 3 is 2.62 bits per heavy atom. The Kier molecular flexibility index (Phi) is 9.39. The largest absolute Gasteiger partial charge is 0.363 e. The lowest BCUT2D eigenvalue weighted by Crippen LogP contribution is -2.37. The summed E-state index contributed by atoms with van der Waals surface area (Å²) in [5.74, 6) is 1.73. The maximum atomic E-state index is 4.60. The highest BCUT2D eigenvalue weighted by Crippen LogP contribution is 2.07. The lowest BCUT2D eigenvalue weighted by atomic mass is 10.3. The van der Waals surface area contributed by atoms with Crippen molar-refractivity contribution in [2.75, 3.05) is 32.6 Å². The second-order valence-electron chi connectivity index (χ2n) is 6.24. The highest BCUT2D eigenvalue weighted by Gasteiger charge is 2.03. The van der Waals surface area contributed by atoms with Gasteiger partial charge in [0, 0.05) is 39.9 Å². The Balaban J connectivity index is 0.00000338. The SMILES string of the molecule is CN=C(NCCCn1nc(C)cc1C)NCc1cccc(N(C)C)n1.I. The Bertz CT molecular complexity index is 709. The standard InChI is InChI=1S/C18H29N7.HI/c1-14-12-15(2)25(23-14)11-7-10-20-18(19-3)21-13-16-8-6-9-17(22-16)24(4)5;/h6,8-9,12H,7,10-11,13H2,1-5H3,(H2,19,20,21);1H. The molecular formula is C18H30IN7. The first kappa shape index (κ1) is 22.2. The third-order valence-corrected chi connectivity index (χ3v) is 3.85. The van der Waals surface area contributed by atoms with Gasteiger partial charge in [0.15, 0.2) is 5.96 Å². The van der Waals surface area contributed by atoms with E-state index in [0.717, 1.165) is 42.7 Å². The fourth-order valence-electron chi connectivity index (χ4n) is 2.55. The molecule has 0 aliphatic heterocycles. The first-order valence-corrected chi connectivity index (χ1v) is 8.58. The lowest BCUT2D eigenvalue weighted by molar-refractivity contribution is 0.555. The molecule has 0 atom stereocenters. The highest BCUT2D eigenvalue weighted by atomic mass is 127. The summed E-state index contributed by atoms with van der Waals surface area (Å²) in [7, 11) is 5.76. The van der Waals surface area contributed by atoms with Crippen LogP contribution in [0.1, 0.15) is 23.5 Å². The van der Waals surface area contributed by atoms with Crippen LogP contribution in [0.2, 0.25) is 0 Å². The first-order valence-electron chi connectivity index (χ1n) is 8.58. The van der Waals surface area contributed by atoms with Crippen LogP contribution in [0.3, 0.4) is 0 Å². The van der Waals surface area contributed by atoms with Crippen LogP contribution >= 0.6 is 24.0 Å². The summed E-state index contributed by atoms with van der Waals surface area (Å²) in [6.07, 6.45) is 0.983. The topological polar surface area (TPSA) is 70.4 Å². The summed E-state index contributed by atoms with van der Waals surface area (Å²) < 4.78 is 2.05. The molecule has 0 aliphatic rings. The Hall–Kier alpha value is -1.84. The second-order valence-corrected chi connectivity index (χ2v) is 6.24. The Morgan fingerprint density at radius 1 is 1.23 bits per heavy atom. The van der Waals surface area contributed by atoms with E-state index >= 15 is 0 Å². The zero-order valence-corrected chi connectivity index (χ0v) is 18.6. The smallest absolute Gasteiger partial charge is 0.191 e. The molecule has 2 rings (SSSR count). The third-order valence-electron chi connectivity index (χ3n) is 3.85. The zero-order valence-electron chi connectivity index (χ0n) is 16.3. The summed E-state index contributed by atoms with van der Waals surface area (Å²) in [6, 6.07) is 8.12. The average molecular weight is 471 g/mol. The van der Waals surface area contributed by atoms with Gasteiger partial charge < -0.3 is 15.5 Å². The number of nitrogens with zero attached hydrogens (tertiary/aromatic N) is 5. The van der Waals surface area contributed by atoms with Crippen LogP contribution in [0, 0.1) is 13.8 Å². The minimum atomic E-state index is 0. The van der Waals surface area contributed by atoms with Crippen molar-refractivity contribution >= 4 is 35.8 Å². The molecule has 0 amide bonds. The quantitative estimate of drug-likeness (QED) is 0.281. The molecule has 2 N–H and O–H groups in total. The van der Waals surface area contributed by atoms with Crippen LogP contribution in [0.5, 0.6) is 0 Å². The molecule has 0 spiro atoms. The van der Waals surface area contributed by atoms with Crippen LogP contribution < -0.4 is 15.5 Å². The number of hydrogen-bond donors (Lipinski definition) is 2. The molecule has 8 heteroatoms.